The number of morpholine rings is 1. The summed E-state index contributed by atoms with van der Waals surface area (Å²) in [6.45, 7) is 5.52. The van der Waals surface area contributed by atoms with E-state index in [2.05, 4.69) is 24.4 Å². The zero-order valence-corrected chi connectivity index (χ0v) is 17.0. The summed E-state index contributed by atoms with van der Waals surface area (Å²) < 4.78 is 31.9. The molecule has 0 aliphatic carbocycles. The molecule has 150 valence electrons. The molecular weight excluding hydrogens is 376 g/mol. The summed E-state index contributed by atoms with van der Waals surface area (Å²) in [6.07, 6.45) is 0.973. The van der Waals surface area contributed by atoms with E-state index >= 15 is 0 Å². The Hall–Kier alpha value is -2.22. The van der Waals surface area contributed by atoms with Crippen molar-refractivity contribution < 1.29 is 17.9 Å². The largest absolute Gasteiger partial charge is 0.379 e. The Balaban J connectivity index is 1.67. The number of hydrogen-bond donors (Lipinski definition) is 1. The number of ether oxygens (including phenoxy) is 1. The summed E-state index contributed by atoms with van der Waals surface area (Å²) >= 11 is 0. The highest BCUT2D eigenvalue weighted by Gasteiger charge is 2.26. The van der Waals surface area contributed by atoms with Crippen molar-refractivity contribution >= 4 is 15.9 Å². The van der Waals surface area contributed by atoms with Crippen molar-refractivity contribution in [3.8, 4) is 0 Å². The first kappa shape index (κ1) is 20.5. The molecule has 1 amide bonds. The van der Waals surface area contributed by atoms with Gasteiger partial charge in [0.2, 0.25) is 10.0 Å². The number of nitrogens with zero attached hydrogens (tertiary/aromatic N) is 1. The van der Waals surface area contributed by atoms with Crippen LogP contribution in [-0.2, 0) is 21.2 Å². The van der Waals surface area contributed by atoms with Crippen LogP contribution in [0.4, 0.5) is 0 Å². The molecule has 2 aromatic carbocycles. The molecule has 0 saturated carbocycles. The van der Waals surface area contributed by atoms with E-state index in [-0.39, 0.29) is 16.8 Å². The van der Waals surface area contributed by atoms with Crippen LogP contribution in [-0.4, -0.2) is 44.9 Å². The fourth-order valence-corrected chi connectivity index (χ4v) is 4.53. The summed E-state index contributed by atoms with van der Waals surface area (Å²) in [5.74, 6) is -0.234. The molecule has 1 fully saturated rings. The van der Waals surface area contributed by atoms with Crippen LogP contribution in [0.25, 0.3) is 0 Å². The summed E-state index contributed by atoms with van der Waals surface area (Å²) in [7, 11) is -3.56. The molecule has 1 heterocycles. The van der Waals surface area contributed by atoms with Crippen molar-refractivity contribution in [3.05, 3.63) is 65.2 Å². The Morgan fingerprint density at radius 2 is 1.68 bits per heavy atom. The molecular formula is C21H26N2O4S. The van der Waals surface area contributed by atoms with Gasteiger partial charge in [-0.15, -0.1) is 0 Å². The van der Waals surface area contributed by atoms with Crippen LogP contribution in [0.2, 0.25) is 0 Å². The quantitative estimate of drug-likeness (QED) is 0.806. The van der Waals surface area contributed by atoms with Gasteiger partial charge in [-0.2, -0.15) is 4.31 Å². The van der Waals surface area contributed by atoms with Crippen molar-refractivity contribution in [3.63, 3.8) is 0 Å². The maximum atomic E-state index is 12.7. The van der Waals surface area contributed by atoms with Crippen molar-refractivity contribution in [2.45, 2.75) is 31.2 Å². The highest BCUT2D eigenvalue weighted by molar-refractivity contribution is 7.89. The highest BCUT2D eigenvalue weighted by Crippen LogP contribution is 2.19. The predicted molar refractivity (Wildman–Crippen MR) is 108 cm³/mol. The van der Waals surface area contributed by atoms with Crippen molar-refractivity contribution in [1.82, 2.24) is 9.62 Å². The Morgan fingerprint density at radius 1 is 1.07 bits per heavy atom. The van der Waals surface area contributed by atoms with Gasteiger partial charge >= 0.3 is 0 Å². The fraction of sp³-hybridized carbons (Fsp3) is 0.381. The molecule has 0 unspecified atom stereocenters. The molecule has 0 radical (unpaired) electrons. The van der Waals surface area contributed by atoms with E-state index in [1.165, 1.54) is 22.0 Å². The average molecular weight is 403 g/mol. The minimum Gasteiger partial charge on any atom is -0.379 e. The van der Waals surface area contributed by atoms with Gasteiger partial charge in [0.05, 0.1) is 24.2 Å². The maximum Gasteiger partial charge on any atom is 0.251 e. The maximum absolute atomic E-state index is 12.7. The van der Waals surface area contributed by atoms with Gasteiger partial charge in [0.1, 0.15) is 0 Å². The molecule has 0 spiro atoms. The van der Waals surface area contributed by atoms with Gasteiger partial charge in [-0.1, -0.05) is 31.2 Å². The zero-order valence-electron chi connectivity index (χ0n) is 16.2. The summed E-state index contributed by atoms with van der Waals surface area (Å²) in [4.78, 5) is 12.7. The van der Waals surface area contributed by atoms with Crippen LogP contribution < -0.4 is 5.32 Å². The van der Waals surface area contributed by atoms with Crippen LogP contribution in [0.1, 0.15) is 41.4 Å². The molecule has 1 N–H and O–H groups in total. The molecule has 6 nitrogen and oxygen atoms in total. The van der Waals surface area contributed by atoms with E-state index in [1.807, 2.05) is 19.1 Å². The summed E-state index contributed by atoms with van der Waals surface area (Å²) in [5, 5.41) is 2.96. The van der Waals surface area contributed by atoms with Gasteiger partial charge in [-0.05, 0) is 48.7 Å². The molecule has 1 atom stereocenters. The lowest BCUT2D eigenvalue weighted by atomic mass is 10.0. The molecule has 28 heavy (non-hydrogen) atoms. The number of rotatable bonds is 6. The lowest BCUT2D eigenvalue weighted by Crippen LogP contribution is -2.40. The number of hydrogen-bond acceptors (Lipinski definition) is 4. The van der Waals surface area contributed by atoms with Crippen molar-refractivity contribution in [1.29, 1.82) is 0 Å². The predicted octanol–water partition coefficient (Wildman–Crippen LogP) is 2.76. The zero-order chi connectivity index (χ0) is 20.1. The van der Waals surface area contributed by atoms with E-state index in [4.69, 9.17) is 4.74 Å². The van der Waals surface area contributed by atoms with Crippen LogP contribution in [0.3, 0.4) is 0 Å². The van der Waals surface area contributed by atoms with Gasteiger partial charge in [0.15, 0.2) is 0 Å². The first-order chi connectivity index (χ1) is 13.4. The minimum atomic E-state index is -3.56. The Morgan fingerprint density at radius 3 is 2.25 bits per heavy atom. The van der Waals surface area contributed by atoms with Crippen LogP contribution >= 0.6 is 0 Å². The lowest BCUT2D eigenvalue weighted by Gasteiger charge is -2.26. The number of carbonyl (C=O) groups is 1. The standard InChI is InChI=1S/C21H26N2O4S/c1-3-17-4-6-18(7-5-17)16(2)22-21(24)19-8-10-20(11-9-19)28(25,26)23-12-14-27-15-13-23/h4-11,16H,3,12-15H2,1-2H3,(H,22,24)/t16-/m1/s1. The Labute approximate surface area is 166 Å². The molecule has 1 aliphatic heterocycles. The van der Waals surface area contributed by atoms with Gasteiger partial charge in [0, 0.05) is 18.7 Å². The van der Waals surface area contributed by atoms with Crippen molar-refractivity contribution in [2.75, 3.05) is 26.3 Å². The SMILES string of the molecule is CCc1ccc([C@@H](C)NC(=O)c2ccc(S(=O)(=O)N3CCOCC3)cc2)cc1. The number of sulfonamides is 1. The van der Waals surface area contributed by atoms with E-state index < -0.39 is 10.0 Å². The van der Waals surface area contributed by atoms with E-state index in [0.717, 1.165) is 12.0 Å². The highest BCUT2D eigenvalue weighted by atomic mass is 32.2. The Bertz CT molecular complexity index is 902. The number of benzene rings is 2. The third-order valence-electron chi connectivity index (χ3n) is 4.96. The van der Waals surface area contributed by atoms with Gasteiger partial charge in [-0.25, -0.2) is 8.42 Å². The molecule has 1 aliphatic rings. The molecule has 0 bridgehead atoms. The molecule has 2 aromatic rings. The summed E-state index contributed by atoms with van der Waals surface area (Å²) in [5.41, 5.74) is 2.70. The number of amides is 1. The first-order valence-corrected chi connectivity index (χ1v) is 10.9. The molecule has 7 heteroatoms. The van der Waals surface area contributed by atoms with Crippen molar-refractivity contribution in [2.24, 2.45) is 0 Å². The average Bonchev–Trinajstić information content (AvgIpc) is 2.74. The second kappa shape index (κ2) is 8.86. The van der Waals surface area contributed by atoms with E-state index in [1.54, 1.807) is 12.1 Å². The monoisotopic (exact) mass is 402 g/mol. The first-order valence-electron chi connectivity index (χ1n) is 9.49. The molecule has 0 aromatic heterocycles. The van der Waals surface area contributed by atoms with Gasteiger partial charge in [0.25, 0.3) is 5.91 Å². The Kier molecular flexibility index (Phi) is 6.49. The van der Waals surface area contributed by atoms with Crippen LogP contribution in [0, 0.1) is 0 Å². The van der Waals surface area contributed by atoms with Gasteiger partial charge < -0.3 is 10.1 Å². The lowest BCUT2D eigenvalue weighted by molar-refractivity contribution is 0.0730. The second-order valence-electron chi connectivity index (χ2n) is 6.83. The number of carbonyl (C=O) groups excluding carboxylic acids is 1. The molecule has 3 rings (SSSR count). The fourth-order valence-electron chi connectivity index (χ4n) is 3.12. The van der Waals surface area contributed by atoms with Crippen LogP contribution in [0.15, 0.2) is 53.4 Å². The van der Waals surface area contributed by atoms with E-state index in [0.29, 0.717) is 31.9 Å². The second-order valence-corrected chi connectivity index (χ2v) is 8.77. The third-order valence-corrected chi connectivity index (χ3v) is 6.87. The normalized spacial score (nSPS) is 16.5. The number of aryl methyl sites for hydroxylation is 1. The van der Waals surface area contributed by atoms with Crippen LogP contribution in [0.5, 0.6) is 0 Å². The smallest absolute Gasteiger partial charge is 0.251 e. The third kappa shape index (κ3) is 4.60. The van der Waals surface area contributed by atoms with Gasteiger partial charge in [-0.3, -0.25) is 4.79 Å². The molecule has 1 saturated heterocycles. The minimum absolute atomic E-state index is 0.143. The van der Waals surface area contributed by atoms with E-state index in [9.17, 15) is 13.2 Å². The number of nitrogens with one attached hydrogen (secondary N) is 1. The summed E-state index contributed by atoms with van der Waals surface area (Å²) in [6, 6.07) is 14.1. The topological polar surface area (TPSA) is 75.7 Å².